The number of nitrogens with zero attached hydrogens (tertiary/aromatic N) is 4. The number of hydrogen-bond donors (Lipinski definition) is 4. The average molecular weight is 813 g/mol. The number of rotatable bonds is 9. The van der Waals surface area contributed by atoms with Crippen molar-refractivity contribution in [3.63, 3.8) is 0 Å². The van der Waals surface area contributed by atoms with Gasteiger partial charge in [-0.05, 0) is 30.0 Å². The van der Waals surface area contributed by atoms with E-state index in [-0.39, 0.29) is 50.3 Å². The molecule has 15 nitrogen and oxygen atoms in total. The molecule has 2 saturated heterocycles. The van der Waals surface area contributed by atoms with E-state index < -0.39 is 54.1 Å². The maximum absolute atomic E-state index is 14.8. The summed E-state index contributed by atoms with van der Waals surface area (Å²) in [4.78, 5) is 70.7. The number of imidazole rings is 2. The molecule has 17 heteroatoms. The van der Waals surface area contributed by atoms with Gasteiger partial charge in [-0.1, -0.05) is 45.9 Å². The van der Waals surface area contributed by atoms with Crippen LogP contribution in [-0.2, 0) is 20.9 Å². The number of aromatic nitrogens is 4. The molecule has 0 aliphatic carbocycles. The molecule has 6 heterocycles. The molecule has 0 unspecified atom stereocenters. The summed E-state index contributed by atoms with van der Waals surface area (Å²) in [6, 6.07) is 7.86. The van der Waals surface area contributed by atoms with Gasteiger partial charge in [-0.2, -0.15) is 0 Å². The fourth-order valence-electron chi connectivity index (χ4n) is 8.26. The molecular formula is C42H46F2N8O7. The van der Waals surface area contributed by atoms with Gasteiger partial charge >= 0.3 is 11.7 Å². The average Bonchev–Trinajstić information content (AvgIpc) is 4.05. The highest BCUT2D eigenvalue weighted by Gasteiger charge is 2.42. The molecule has 0 spiro atoms. The van der Waals surface area contributed by atoms with E-state index in [1.54, 1.807) is 44.4 Å². The zero-order chi connectivity index (χ0) is 41.9. The maximum Gasteiger partial charge on any atom is 0.407 e. The first-order valence-corrected chi connectivity index (χ1v) is 19.7. The van der Waals surface area contributed by atoms with Crippen LogP contribution >= 0.6 is 0 Å². The van der Waals surface area contributed by atoms with E-state index >= 15 is 0 Å². The molecule has 6 atom stereocenters. The second kappa shape index (κ2) is 15.6. The number of ether oxygens (including phenoxy) is 2. The summed E-state index contributed by atoms with van der Waals surface area (Å²) in [6.07, 6.45) is 0.119. The zero-order valence-corrected chi connectivity index (χ0v) is 33.3. The number of fused-ring (bicyclic) bond motifs is 5. The lowest BCUT2D eigenvalue weighted by Crippen LogP contribution is -2.51. The number of carbonyl (C=O) groups excluding carboxylic acids is 3. The van der Waals surface area contributed by atoms with Crippen LogP contribution in [-0.4, -0.2) is 92.3 Å². The van der Waals surface area contributed by atoms with Crippen molar-refractivity contribution in [1.82, 2.24) is 35.1 Å². The normalized spacial score (nSPS) is 21.1. The fraction of sp³-hybridized carbons (Fsp3) is 0.429. The van der Waals surface area contributed by atoms with E-state index in [0.29, 0.717) is 62.0 Å². The summed E-state index contributed by atoms with van der Waals surface area (Å²) in [5.41, 5.74) is 10.1. The first-order chi connectivity index (χ1) is 28.2. The number of nitrogens with two attached hydrogens (primary N) is 1. The molecule has 310 valence electrons. The Balaban J connectivity index is 1.03. The molecule has 2 aromatic carbocycles. The number of alkyl halides is 2. The number of benzene rings is 2. The lowest BCUT2D eigenvalue weighted by molar-refractivity contribution is -0.136. The van der Waals surface area contributed by atoms with Crippen molar-refractivity contribution in [1.29, 1.82) is 0 Å². The van der Waals surface area contributed by atoms with Gasteiger partial charge in [0.2, 0.25) is 11.8 Å². The van der Waals surface area contributed by atoms with E-state index in [9.17, 15) is 28.0 Å². The van der Waals surface area contributed by atoms with Gasteiger partial charge in [0, 0.05) is 40.5 Å². The van der Waals surface area contributed by atoms with Crippen LogP contribution in [0.3, 0.4) is 0 Å². The van der Waals surface area contributed by atoms with Crippen LogP contribution in [0.15, 0.2) is 58.0 Å². The lowest BCUT2D eigenvalue weighted by atomic mass is 9.94. The van der Waals surface area contributed by atoms with Crippen molar-refractivity contribution < 1.29 is 37.1 Å². The van der Waals surface area contributed by atoms with Gasteiger partial charge in [-0.3, -0.25) is 9.59 Å². The monoisotopic (exact) mass is 812 g/mol. The van der Waals surface area contributed by atoms with Crippen LogP contribution in [0, 0.1) is 11.8 Å². The van der Waals surface area contributed by atoms with Crippen molar-refractivity contribution in [3.05, 3.63) is 76.4 Å². The Bertz CT molecular complexity index is 2500. The summed E-state index contributed by atoms with van der Waals surface area (Å²) in [6.45, 7) is 7.17. The molecule has 3 aromatic heterocycles. The van der Waals surface area contributed by atoms with E-state index in [2.05, 4.69) is 25.3 Å². The third-order valence-electron chi connectivity index (χ3n) is 11.5. The third kappa shape index (κ3) is 7.32. The summed E-state index contributed by atoms with van der Waals surface area (Å²) in [5.74, 6) is 0.178. The smallest absolute Gasteiger partial charge is 0.407 e. The molecule has 2 fully saturated rings. The molecule has 3 amide bonds. The van der Waals surface area contributed by atoms with E-state index in [0.717, 1.165) is 5.56 Å². The predicted octanol–water partition coefficient (Wildman–Crippen LogP) is 5.72. The molecule has 5 N–H and O–H groups in total. The summed E-state index contributed by atoms with van der Waals surface area (Å²) < 4.78 is 46.3. The Hall–Kier alpha value is -6.10. The number of hydrogen-bond acceptors (Lipinski definition) is 10. The van der Waals surface area contributed by atoms with Crippen LogP contribution in [0.1, 0.15) is 69.8 Å². The topological polar surface area (TPSA) is 202 Å². The van der Waals surface area contributed by atoms with Gasteiger partial charge < -0.3 is 44.7 Å². The second-order valence-electron chi connectivity index (χ2n) is 16.1. The Morgan fingerprint density at radius 2 is 1.47 bits per heavy atom. The zero-order valence-electron chi connectivity index (χ0n) is 33.3. The van der Waals surface area contributed by atoms with Crippen molar-refractivity contribution in [2.45, 2.75) is 83.7 Å². The number of nitrogens with one attached hydrogen (secondary N) is 3. The molecule has 3 aliphatic rings. The fourth-order valence-corrected chi connectivity index (χ4v) is 8.26. The van der Waals surface area contributed by atoms with Crippen LogP contribution in [0.4, 0.5) is 13.6 Å². The molecule has 5 aromatic rings. The molecular weight excluding hydrogens is 767 g/mol. The van der Waals surface area contributed by atoms with E-state index in [1.807, 2.05) is 32.0 Å². The number of carbonyl (C=O) groups is 3. The SMILES string of the molecule is COC(=O)N[C@H](C(=O)N1C[C@H](F)C[C@H]1c1ncc(-c2ccc3c4c(c(=O)oc3c2)-c2ccc(-c3cnc([C@@H]5C[C@@H](F)CN5C(=O)[C@@H](N)C(C)C)[nH]3)cc2OC4)[nH]1)C(C)C. The number of H-pyrrole nitrogens is 2. The number of likely N-dealkylation sites (tertiary alicyclic amines) is 2. The molecule has 0 saturated carbocycles. The molecule has 59 heavy (non-hydrogen) atoms. The van der Waals surface area contributed by atoms with Crippen LogP contribution in [0.2, 0.25) is 0 Å². The van der Waals surface area contributed by atoms with Crippen LogP contribution in [0.5, 0.6) is 5.75 Å². The number of alkyl carbamates (subject to hydrolysis) is 1. The quantitative estimate of drug-likeness (QED) is 0.133. The van der Waals surface area contributed by atoms with Gasteiger partial charge in [-0.15, -0.1) is 0 Å². The van der Waals surface area contributed by atoms with E-state index in [1.165, 1.54) is 16.9 Å². The van der Waals surface area contributed by atoms with E-state index in [4.69, 9.17) is 19.6 Å². The lowest BCUT2D eigenvalue weighted by Gasteiger charge is -2.29. The Kier molecular flexibility index (Phi) is 10.5. The van der Waals surface area contributed by atoms with Gasteiger partial charge in [0.25, 0.3) is 0 Å². The van der Waals surface area contributed by atoms with Gasteiger partial charge in [0.15, 0.2) is 0 Å². The highest BCUT2D eigenvalue weighted by atomic mass is 19.1. The second-order valence-corrected chi connectivity index (χ2v) is 16.1. The van der Waals surface area contributed by atoms with Crippen LogP contribution < -0.4 is 21.4 Å². The number of amides is 3. The summed E-state index contributed by atoms with van der Waals surface area (Å²) >= 11 is 0. The van der Waals surface area contributed by atoms with Crippen molar-refractivity contribution in [2.24, 2.45) is 17.6 Å². The summed E-state index contributed by atoms with van der Waals surface area (Å²) in [5, 5.41) is 3.24. The van der Waals surface area contributed by atoms with Crippen LogP contribution in [0.25, 0.3) is 44.6 Å². The van der Waals surface area contributed by atoms with Gasteiger partial charge in [0.05, 0.1) is 67.7 Å². The third-order valence-corrected chi connectivity index (χ3v) is 11.5. The number of halogens is 2. The predicted molar refractivity (Wildman–Crippen MR) is 212 cm³/mol. The Labute approximate surface area is 337 Å². The minimum Gasteiger partial charge on any atom is -0.488 e. The Morgan fingerprint density at radius 1 is 0.881 bits per heavy atom. The maximum atomic E-state index is 14.8. The first-order valence-electron chi connectivity index (χ1n) is 19.7. The van der Waals surface area contributed by atoms with Crippen molar-refractivity contribution in [3.8, 4) is 39.4 Å². The summed E-state index contributed by atoms with van der Waals surface area (Å²) in [7, 11) is 1.21. The first kappa shape index (κ1) is 39.7. The molecule has 3 aliphatic heterocycles. The standard InChI is InChI=1S/C42H46F2N8O7/c1-19(2)35(45)39(53)51-16-23(43)12-30(51)37-46-14-28(48-37)21-7-9-26-32(10-21)58-18-27-25-8-6-22(11-33(25)59-41(55)34(26)27)29-15-47-38(49-29)31-13-24(44)17-52(31)40(54)36(20(3)4)50-42(56)57-5/h6-11,14-15,19-20,23-24,30-31,35-36H,12-13,16-18,45H2,1-5H3,(H,46,48)(H,47,49)(H,50,56)/t23-,24-,30+,31+,35+,36+/m1/s1. The highest BCUT2D eigenvalue weighted by Crippen LogP contribution is 2.42. The highest BCUT2D eigenvalue weighted by molar-refractivity contribution is 5.92. The minimum absolute atomic E-state index is 0.0305. The Morgan fingerprint density at radius 3 is 2.07 bits per heavy atom. The minimum atomic E-state index is -1.28. The van der Waals surface area contributed by atoms with Crippen molar-refractivity contribution >= 4 is 28.9 Å². The number of aromatic amines is 2. The number of methoxy groups -OCH3 is 1. The molecule has 0 bridgehead atoms. The van der Waals surface area contributed by atoms with Gasteiger partial charge in [-0.25, -0.2) is 28.3 Å². The molecule has 0 radical (unpaired) electrons. The van der Waals surface area contributed by atoms with Crippen molar-refractivity contribution in [2.75, 3.05) is 20.2 Å². The largest absolute Gasteiger partial charge is 0.488 e. The molecule has 8 rings (SSSR count). The van der Waals surface area contributed by atoms with Gasteiger partial charge in [0.1, 0.15) is 48.0 Å².